The summed E-state index contributed by atoms with van der Waals surface area (Å²) in [5, 5.41) is 10.5. The van der Waals surface area contributed by atoms with Gasteiger partial charge in [-0.15, -0.1) is 0 Å². The monoisotopic (exact) mass is 501 g/mol. The van der Waals surface area contributed by atoms with E-state index in [4.69, 9.17) is 18.9 Å². The van der Waals surface area contributed by atoms with Crippen molar-refractivity contribution in [1.29, 1.82) is 0 Å². The molecule has 4 rings (SSSR count). The predicted molar refractivity (Wildman–Crippen MR) is 136 cm³/mol. The van der Waals surface area contributed by atoms with Crippen molar-refractivity contribution in [1.82, 2.24) is 15.0 Å². The van der Waals surface area contributed by atoms with Gasteiger partial charge in [-0.3, -0.25) is 4.98 Å². The number of aromatic nitrogens is 3. The molecule has 1 N–H and O–H groups in total. The summed E-state index contributed by atoms with van der Waals surface area (Å²) in [6.45, 7) is 2.00. The molecule has 0 saturated heterocycles. The number of rotatable bonds is 11. The lowest BCUT2D eigenvalue weighted by atomic mass is 9.80. The van der Waals surface area contributed by atoms with E-state index < -0.39 is 17.7 Å². The van der Waals surface area contributed by atoms with Crippen molar-refractivity contribution in [3.8, 4) is 28.9 Å². The molecule has 0 bridgehead atoms. The van der Waals surface area contributed by atoms with Gasteiger partial charge in [-0.05, 0) is 47.4 Å². The lowest BCUT2D eigenvalue weighted by Gasteiger charge is -2.38. The van der Waals surface area contributed by atoms with Crippen LogP contribution < -0.4 is 14.2 Å². The van der Waals surface area contributed by atoms with Gasteiger partial charge in [0.1, 0.15) is 0 Å². The Balaban J connectivity index is 1.93. The number of pyridine rings is 1. The van der Waals surface area contributed by atoms with E-state index in [1.165, 1.54) is 20.3 Å². The molecular formula is C28H27N3O6. The molecule has 2 aromatic heterocycles. The van der Waals surface area contributed by atoms with Crippen LogP contribution in [0.25, 0.3) is 11.1 Å². The lowest BCUT2D eigenvalue weighted by Crippen LogP contribution is -2.51. The van der Waals surface area contributed by atoms with E-state index in [-0.39, 0.29) is 24.4 Å². The number of benzene rings is 2. The Bertz CT molecular complexity index is 1310. The van der Waals surface area contributed by atoms with Gasteiger partial charge in [-0.1, -0.05) is 48.5 Å². The molecular weight excluding hydrogens is 474 g/mol. The van der Waals surface area contributed by atoms with Gasteiger partial charge in [-0.2, -0.15) is 9.97 Å². The lowest BCUT2D eigenvalue weighted by molar-refractivity contribution is -0.163. The maximum absolute atomic E-state index is 12.9. The quantitative estimate of drug-likeness (QED) is 0.320. The number of methoxy groups -OCH3 is 2. The Kier molecular flexibility index (Phi) is 7.95. The fraction of sp³-hybridized carbons (Fsp3) is 0.214. The molecule has 2 atom stereocenters. The maximum atomic E-state index is 12.9. The zero-order chi connectivity index (χ0) is 26.3. The highest BCUT2D eigenvalue weighted by Crippen LogP contribution is 2.40. The number of hydrogen-bond acceptors (Lipinski definition) is 8. The van der Waals surface area contributed by atoms with Crippen molar-refractivity contribution < 1.29 is 28.8 Å². The standard InChI is InChI=1S/C28H27N3O6/c1-4-36-28(21-10-6-5-7-11-21,22-12-8-9-20(17-22)19-13-15-29-16-14-19)25(26(32)33)37-27-30-23(34-2)18-24(31-27)35-3/h5-18,25H,4H2,1-3H3,(H,32,33). The Morgan fingerprint density at radius 3 is 2.11 bits per heavy atom. The first-order valence-corrected chi connectivity index (χ1v) is 11.6. The second-order valence-electron chi connectivity index (χ2n) is 7.92. The normalized spacial score (nSPS) is 13.3. The summed E-state index contributed by atoms with van der Waals surface area (Å²) in [5.41, 5.74) is 1.39. The van der Waals surface area contributed by atoms with Crippen molar-refractivity contribution in [2.24, 2.45) is 0 Å². The minimum Gasteiger partial charge on any atom is -0.481 e. The molecule has 0 aliphatic carbocycles. The van der Waals surface area contributed by atoms with Crippen LogP contribution in [0, 0.1) is 0 Å². The molecule has 0 spiro atoms. The van der Waals surface area contributed by atoms with E-state index in [1.807, 2.05) is 54.6 Å². The zero-order valence-electron chi connectivity index (χ0n) is 20.7. The van der Waals surface area contributed by atoms with Crippen molar-refractivity contribution in [2.75, 3.05) is 20.8 Å². The number of aliphatic carboxylic acids is 1. The molecule has 2 heterocycles. The Morgan fingerprint density at radius 2 is 1.51 bits per heavy atom. The fourth-order valence-electron chi connectivity index (χ4n) is 4.16. The third-order valence-corrected chi connectivity index (χ3v) is 5.77. The fourth-order valence-corrected chi connectivity index (χ4v) is 4.16. The second-order valence-corrected chi connectivity index (χ2v) is 7.92. The van der Waals surface area contributed by atoms with Gasteiger partial charge in [0.15, 0.2) is 5.60 Å². The van der Waals surface area contributed by atoms with Crippen LogP contribution in [-0.2, 0) is 15.1 Å². The number of carbonyl (C=O) groups is 1. The van der Waals surface area contributed by atoms with E-state index in [1.54, 1.807) is 31.5 Å². The van der Waals surface area contributed by atoms with E-state index in [2.05, 4.69) is 15.0 Å². The SMILES string of the molecule is CCOC(c1ccccc1)(c1cccc(-c2ccncc2)c1)C(Oc1nc(OC)cc(OC)n1)C(=O)O. The summed E-state index contributed by atoms with van der Waals surface area (Å²) in [6, 6.07) is 21.6. The Morgan fingerprint density at radius 1 is 0.865 bits per heavy atom. The average molecular weight is 502 g/mol. The van der Waals surface area contributed by atoms with Crippen LogP contribution in [0.1, 0.15) is 18.1 Å². The van der Waals surface area contributed by atoms with Gasteiger partial charge in [0.05, 0.1) is 20.3 Å². The Hall–Kier alpha value is -4.50. The average Bonchev–Trinajstić information content (AvgIpc) is 2.95. The van der Waals surface area contributed by atoms with Crippen LogP contribution >= 0.6 is 0 Å². The summed E-state index contributed by atoms with van der Waals surface area (Å²) in [7, 11) is 2.86. The topological polar surface area (TPSA) is 113 Å². The molecule has 9 nitrogen and oxygen atoms in total. The van der Waals surface area contributed by atoms with Gasteiger partial charge < -0.3 is 24.1 Å². The highest BCUT2D eigenvalue weighted by molar-refractivity contribution is 5.77. The number of hydrogen-bond donors (Lipinski definition) is 1. The number of ether oxygens (including phenoxy) is 4. The number of carboxylic acid groups (broad SMARTS) is 1. The molecule has 0 amide bonds. The maximum Gasteiger partial charge on any atom is 0.348 e. The van der Waals surface area contributed by atoms with Gasteiger partial charge >= 0.3 is 12.0 Å². The van der Waals surface area contributed by atoms with Crippen LogP contribution in [0.15, 0.2) is 85.2 Å². The third kappa shape index (κ3) is 5.36. The number of carboxylic acids is 1. The van der Waals surface area contributed by atoms with Crippen LogP contribution in [-0.4, -0.2) is 53.0 Å². The number of nitrogens with zero attached hydrogens (tertiary/aromatic N) is 3. The molecule has 0 aliphatic heterocycles. The van der Waals surface area contributed by atoms with Crippen molar-refractivity contribution in [3.05, 3.63) is 96.3 Å². The highest BCUT2D eigenvalue weighted by atomic mass is 16.6. The molecule has 2 aromatic carbocycles. The van der Waals surface area contributed by atoms with Crippen molar-refractivity contribution in [2.45, 2.75) is 18.6 Å². The highest BCUT2D eigenvalue weighted by Gasteiger charge is 2.50. The molecule has 0 saturated carbocycles. The van der Waals surface area contributed by atoms with E-state index >= 15 is 0 Å². The first kappa shape index (κ1) is 25.6. The summed E-state index contributed by atoms with van der Waals surface area (Å²) in [4.78, 5) is 25.4. The molecule has 190 valence electrons. The molecule has 4 aromatic rings. The molecule has 9 heteroatoms. The van der Waals surface area contributed by atoms with Crippen molar-refractivity contribution in [3.63, 3.8) is 0 Å². The smallest absolute Gasteiger partial charge is 0.348 e. The first-order chi connectivity index (χ1) is 18.0. The van der Waals surface area contributed by atoms with Gasteiger partial charge in [0, 0.05) is 19.0 Å². The molecule has 0 aliphatic rings. The minimum absolute atomic E-state index is 0.160. The van der Waals surface area contributed by atoms with Crippen LogP contribution in [0.2, 0.25) is 0 Å². The summed E-state index contributed by atoms with van der Waals surface area (Å²) in [5.74, 6) is -0.947. The predicted octanol–water partition coefficient (Wildman–Crippen LogP) is 4.37. The third-order valence-electron chi connectivity index (χ3n) is 5.77. The van der Waals surface area contributed by atoms with Crippen LogP contribution in [0.3, 0.4) is 0 Å². The zero-order valence-corrected chi connectivity index (χ0v) is 20.7. The summed E-state index contributed by atoms with van der Waals surface area (Å²) in [6.07, 6.45) is 1.82. The first-order valence-electron chi connectivity index (χ1n) is 11.6. The van der Waals surface area contributed by atoms with Crippen LogP contribution in [0.5, 0.6) is 17.8 Å². The molecule has 0 fully saturated rings. The minimum atomic E-state index is -1.58. The molecule has 0 radical (unpaired) electrons. The summed E-state index contributed by atoms with van der Waals surface area (Å²) >= 11 is 0. The van der Waals surface area contributed by atoms with E-state index in [9.17, 15) is 9.90 Å². The van der Waals surface area contributed by atoms with Gasteiger partial charge in [0.25, 0.3) is 0 Å². The van der Waals surface area contributed by atoms with Gasteiger partial charge in [-0.25, -0.2) is 4.79 Å². The molecule has 37 heavy (non-hydrogen) atoms. The summed E-state index contributed by atoms with van der Waals surface area (Å²) < 4.78 is 22.8. The Labute approximate surface area is 214 Å². The van der Waals surface area contributed by atoms with Crippen LogP contribution in [0.4, 0.5) is 0 Å². The van der Waals surface area contributed by atoms with E-state index in [0.29, 0.717) is 11.1 Å². The second kappa shape index (κ2) is 11.5. The van der Waals surface area contributed by atoms with Crippen molar-refractivity contribution >= 4 is 5.97 Å². The van der Waals surface area contributed by atoms with Gasteiger partial charge in [0.2, 0.25) is 17.9 Å². The van der Waals surface area contributed by atoms with E-state index in [0.717, 1.165) is 11.1 Å². The molecule has 2 unspecified atom stereocenters. The largest absolute Gasteiger partial charge is 0.481 e.